The van der Waals surface area contributed by atoms with Gasteiger partial charge in [0.1, 0.15) is 5.82 Å². The number of amides is 1. The van der Waals surface area contributed by atoms with Gasteiger partial charge in [-0.15, -0.1) is 0 Å². The van der Waals surface area contributed by atoms with E-state index in [0.717, 1.165) is 0 Å². The number of alkyl halides is 4. The highest BCUT2D eigenvalue weighted by atomic mass is 79.9. The first-order valence-corrected chi connectivity index (χ1v) is 7.42. The molecule has 0 aromatic heterocycles. The number of rotatable bonds is 1. The lowest BCUT2D eigenvalue weighted by molar-refractivity contribution is -0.137. The van der Waals surface area contributed by atoms with Crippen LogP contribution in [0.1, 0.15) is 29.3 Å². The van der Waals surface area contributed by atoms with Crippen molar-refractivity contribution in [1.82, 2.24) is 4.90 Å². The zero-order valence-electron chi connectivity index (χ0n) is 11.3. The van der Waals surface area contributed by atoms with Crippen molar-refractivity contribution in [2.75, 3.05) is 13.1 Å². The molecule has 1 heterocycles. The summed E-state index contributed by atoms with van der Waals surface area (Å²) in [5, 5.41) is 0. The lowest BCUT2D eigenvalue weighted by atomic mass is 9.99. The number of carbonyl (C=O) groups is 1. The van der Waals surface area contributed by atoms with E-state index in [-0.39, 0.29) is 10.7 Å². The van der Waals surface area contributed by atoms with Crippen molar-refractivity contribution in [3.8, 4) is 0 Å². The Morgan fingerprint density at radius 3 is 2.62 bits per heavy atom. The fourth-order valence-corrected chi connectivity index (χ4v) is 2.71. The molecule has 2 atom stereocenters. The lowest BCUT2D eigenvalue weighted by Gasteiger charge is -2.34. The average Bonchev–Trinajstić information content (AvgIpc) is 2.40. The van der Waals surface area contributed by atoms with Gasteiger partial charge in [0.25, 0.3) is 5.91 Å². The summed E-state index contributed by atoms with van der Waals surface area (Å²) in [4.78, 5) is 13.9. The van der Waals surface area contributed by atoms with Gasteiger partial charge in [0.05, 0.1) is 11.1 Å². The molecule has 1 fully saturated rings. The van der Waals surface area contributed by atoms with E-state index in [1.54, 1.807) is 0 Å². The van der Waals surface area contributed by atoms with Crippen LogP contribution in [0.2, 0.25) is 0 Å². The third kappa shape index (κ3) is 3.56. The Labute approximate surface area is 128 Å². The van der Waals surface area contributed by atoms with E-state index in [0.29, 0.717) is 37.7 Å². The highest BCUT2D eigenvalue weighted by molar-refractivity contribution is 9.09. The van der Waals surface area contributed by atoms with Crippen LogP contribution in [0.5, 0.6) is 0 Å². The van der Waals surface area contributed by atoms with Crippen LogP contribution in [0, 0.1) is 11.7 Å². The zero-order valence-corrected chi connectivity index (χ0v) is 12.8. The van der Waals surface area contributed by atoms with Gasteiger partial charge in [-0.1, -0.05) is 22.9 Å². The summed E-state index contributed by atoms with van der Waals surface area (Å²) in [5.41, 5.74) is -1.54. The number of halogens is 5. The number of hydrogen-bond donors (Lipinski definition) is 0. The standard InChI is InChI=1S/C14H14BrF4NO/c1-8-7-20(5-4-11(8)15)13(21)10-6-9(14(17,18)19)2-3-12(10)16/h2-3,6,8,11H,4-5,7H2,1H3. The molecule has 0 aliphatic carbocycles. The minimum absolute atomic E-state index is 0.163. The summed E-state index contributed by atoms with van der Waals surface area (Å²) in [5.74, 6) is -1.46. The summed E-state index contributed by atoms with van der Waals surface area (Å²) in [6, 6.07) is 1.92. The number of carbonyl (C=O) groups excluding carboxylic acids is 1. The molecule has 1 aromatic rings. The molecule has 2 unspecified atom stereocenters. The molecule has 0 radical (unpaired) electrons. The van der Waals surface area contributed by atoms with E-state index in [2.05, 4.69) is 15.9 Å². The van der Waals surface area contributed by atoms with E-state index < -0.39 is 29.0 Å². The van der Waals surface area contributed by atoms with Crippen LogP contribution in [0.15, 0.2) is 18.2 Å². The number of benzene rings is 1. The van der Waals surface area contributed by atoms with Crippen molar-refractivity contribution < 1.29 is 22.4 Å². The van der Waals surface area contributed by atoms with Gasteiger partial charge in [-0.05, 0) is 30.5 Å². The Morgan fingerprint density at radius 2 is 2.05 bits per heavy atom. The molecule has 0 saturated carbocycles. The van der Waals surface area contributed by atoms with Crippen molar-refractivity contribution in [2.24, 2.45) is 5.92 Å². The Morgan fingerprint density at radius 1 is 1.38 bits per heavy atom. The third-order valence-electron chi connectivity index (χ3n) is 3.61. The van der Waals surface area contributed by atoms with E-state index in [1.165, 1.54) is 4.90 Å². The first-order chi connectivity index (χ1) is 9.70. The van der Waals surface area contributed by atoms with Crippen LogP contribution in [0.25, 0.3) is 0 Å². The van der Waals surface area contributed by atoms with Crippen LogP contribution >= 0.6 is 15.9 Å². The van der Waals surface area contributed by atoms with Crippen LogP contribution in [0.4, 0.5) is 17.6 Å². The van der Waals surface area contributed by atoms with E-state index >= 15 is 0 Å². The van der Waals surface area contributed by atoms with Crippen molar-refractivity contribution in [3.05, 3.63) is 35.1 Å². The van der Waals surface area contributed by atoms with Crippen molar-refractivity contribution in [1.29, 1.82) is 0 Å². The molecular weight excluding hydrogens is 354 g/mol. The molecule has 0 bridgehead atoms. The number of likely N-dealkylation sites (tertiary alicyclic amines) is 1. The molecule has 1 aromatic carbocycles. The molecule has 21 heavy (non-hydrogen) atoms. The number of nitrogens with zero attached hydrogens (tertiary/aromatic N) is 1. The predicted molar refractivity (Wildman–Crippen MR) is 73.8 cm³/mol. The number of piperidine rings is 1. The Hall–Kier alpha value is -1.11. The Kier molecular flexibility index (Phi) is 4.60. The van der Waals surface area contributed by atoms with Crippen LogP contribution < -0.4 is 0 Å². The lowest BCUT2D eigenvalue weighted by Crippen LogP contribution is -2.43. The third-order valence-corrected chi connectivity index (χ3v) is 4.97. The second kappa shape index (κ2) is 5.94. The molecular formula is C14H14BrF4NO. The van der Waals surface area contributed by atoms with Crippen LogP contribution in [-0.4, -0.2) is 28.7 Å². The predicted octanol–water partition coefficient (Wildman–Crippen LogP) is 4.09. The summed E-state index contributed by atoms with van der Waals surface area (Å²) in [6.45, 7) is 2.72. The maximum atomic E-state index is 13.7. The molecule has 1 saturated heterocycles. The Balaban J connectivity index is 2.27. The second-order valence-electron chi connectivity index (χ2n) is 5.23. The molecule has 7 heteroatoms. The number of hydrogen-bond acceptors (Lipinski definition) is 1. The monoisotopic (exact) mass is 367 g/mol. The van der Waals surface area contributed by atoms with Gasteiger partial charge in [-0.25, -0.2) is 4.39 Å². The molecule has 2 rings (SSSR count). The molecule has 2 nitrogen and oxygen atoms in total. The van der Waals surface area contributed by atoms with Gasteiger partial charge in [-0.2, -0.15) is 13.2 Å². The SMILES string of the molecule is CC1CN(C(=O)c2cc(C(F)(F)F)ccc2F)CCC1Br. The quantitative estimate of drug-likeness (QED) is 0.540. The van der Waals surface area contributed by atoms with E-state index in [1.807, 2.05) is 6.92 Å². The van der Waals surface area contributed by atoms with Gasteiger partial charge in [0.2, 0.25) is 0 Å². The summed E-state index contributed by atoms with van der Waals surface area (Å²) in [7, 11) is 0. The minimum Gasteiger partial charge on any atom is -0.338 e. The summed E-state index contributed by atoms with van der Waals surface area (Å²) < 4.78 is 51.7. The topological polar surface area (TPSA) is 20.3 Å². The van der Waals surface area contributed by atoms with Gasteiger partial charge >= 0.3 is 6.18 Å². The molecule has 1 aliphatic rings. The van der Waals surface area contributed by atoms with Crippen molar-refractivity contribution in [2.45, 2.75) is 24.3 Å². The van der Waals surface area contributed by atoms with Gasteiger partial charge in [0, 0.05) is 17.9 Å². The van der Waals surface area contributed by atoms with Crippen molar-refractivity contribution in [3.63, 3.8) is 0 Å². The first-order valence-electron chi connectivity index (χ1n) is 6.50. The first kappa shape index (κ1) is 16.3. The fourth-order valence-electron chi connectivity index (χ4n) is 2.34. The maximum Gasteiger partial charge on any atom is 0.416 e. The second-order valence-corrected chi connectivity index (χ2v) is 6.40. The normalized spacial score (nSPS) is 23.2. The largest absolute Gasteiger partial charge is 0.416 e. The molecule has 0 N–H and O–H groups in total. The van der Waals surface area contributed by atoms with Crippen LogP contribution in [0.3, 0.4) is 0 Å². The highest BCUT2D eigenvalue weighted by Crippen LogP contribution is 2.31. The molecule has 1 amide bonds. The maximum absolute atomic E-state index is 13.7. The average molecular weight is 368 g/mol. The molecule has 1 aliphatic heterocycles. The Bertz CT molecular complexity index is 546. The summed E-state index contributed by atoms with van der Waals surface area (Å²) in [6.07, 6.45) is -3.91. The van der Waals surface area contributed by atoms with Crippen LogP contribution in [-0.2, 0) is 6.18 Å². The van der Waals surface area contributed by atoms with Gasteiger partial charge in [-0.3, -0.25) is 4.79 Å². The van der Waals surface area contributed by atoms with Gasteiger partial charge in [0.15, 0.2) is 0 Å². The highest BCUT2D eigenvalue weighted by Gasteiger charge is 2.33. The molecule has 0 spiro atoms. The molecule has 116 valence electrons. The van der Waals surface area contributed by atoms with E-state index in [9.17, 15) is 22.4 Å². The van der Waals surface area contributed by atoms with E-state index in [4.69, 9.17) is 0 Å². The smallest absolute Gasteiger partial charge is 0.338 e. The summed E-state index contributed by atoms with van der Waals surface area (Å²) >= 11 is 3.48. The fraction of sp³-hybridized carbons (Fsp3) is 0.500. The zero-order chi connectivity index (χ0) is 15.8. The van der Waals surface area contributed by atoms with Crippen molar-refractivity contribution >= 4 is 21.8 Å². The van der Waals surface area contributed by atoms with Gasteiger partial charge < -0.3 is 4.90 Å². The minimum atomic E-state index is -4.60.